The highest BCUT2D eigenvalue weighted by Gasteiger charge is 2.40. The number of ether oxygens (including phenoxy) is 1. The number of carbonyl (C=O) groups excluding carboxylic acids is 1. The monoisotopic (exact) mass is 455 g/mol. The van der Waals surface area contributed by atoms with E-state index in [2.05, 4.69) is 29.8 Å². The van der Waals surface area contributed by atoms with E-state index in [0.717, 1.165) is 22.2 Å². The van der Waals surface area contributed by atoms with Crippen LogP contribution >= 0.6 is 15.9 Å². The molecule has 150 valence electrons. The molecular formula is C23H22BrNO4. The van der Waals surface area contributed by atoms with Crippen LogP contribution in [0.4, 0.5) is 0 Å². The fourth-order valence-corrected chi connectivity index (χ4v) is 4.00. The lowest BCUT2D eigenvalue weighted by atomic mass is 9.98. The average molecular weight is 456 g/mol. The van der Waals surface area contributed by atoms with Crippen LogP contribution in [0.25, 0.3) is 11.0 Å². The minimum Gasteiger partial charge on any atom is -0.494 e. The molecule has 1 amide bonds. The molecule has 0 fully saturated rings. The second kappa shape index (κ2) is 7.67. The zero-order valence-corrected chi connectivity index (χ0v) is 18.2. The molecule has 0 radical (unpaired) electrons. The van der Waals surface area contributed by atoms with Crippen molar-refractivity contribution >= 4 is 32.8 Å². The highest BCUT2D eigenvalue weighted by atomic mass is 79.9. The zero-order valence-electron chi connectivity index (χ0n) is 16.6. The summed E-state index contributed by atoms with van der Waals surface area (Å²) in [5.74, 6) is 1.10. The van der Waals surface area contributed by atoms with Gasteiger partial charge in [-0.3, -0.25) is 9.59 Å². The first-order chi connectivity index (χ1) is 13.9. The molecule has 1 aromatic heterocycles. The molecule has 0 N–H and O–H groups in total. The Balaban J connectivity index is 1.79. The van der Waals surface area contributed by atoms with Crippen LogP contribution in [-0.2, 0) is 0 Å². The quantitative estimate of drug-likeness (QED) is 0.533. The lowest BCUT2D eigenvalue weighted by molar-refractivity contribution is 0.0771. The minimum absolute atomic E-state index is 0.114. The van der Waals surface area contributed by atoms with Crippen LogP contribution in [0.3, 0.4) is 0 Å². The molecular weight excluding hydrogens is 434 g/mol. The van der Waals surface area contributed by atoms with E-state index in [-0.39, 0.29) is 17.1 Å². The van der Waals surface area contributed by atoms with Crippen LogP contribution in [0.5, 0.6) is 5.75 Å². The first kappa shape index (κ1) is 19.7. The molecule has 0 saturated carbocycles. The first-order valence-corrected chi connectivity index (χ1v) is 10.4. The van der Waals surface area contributed by atoms with Gasteiger partial charge in [-0.05, 0) is 48.2 Å². The second-order valence-electron chi connectivity index (χ2n) is 7.74. The molecule has 5 nitrogen and oxygen atoms in total. The van der Waals surface area contributed by atoms with Gasteiger partial charge in [0.25, 0.3) is 5.91 Å². The third-order valence-electron chi connectivity index (χ3n) is 5.20. The SMILES string of the molecule is CC(C)CCOc1cccc(C2c3c(oc4ccc(Br)cc4c3=O)C(=O)N2C)c1. The maximum Gasteiger partial charge on any atom is 0.290 e. The first-order valence-electron chi connectivity index (χ1n) is 9.63. The lowest BCUT2D eigenvalue weighted by Crippen LogP contribution is -2.25. The Morgan fingerprint density at radius 2 is 1.97 bits per heavy atom. The van der Waals surface area contributed by atoms with Gasteiger partial charge in [0.1, 0.15) is 11.3 Å². The molecule has 3 aromatic rings. The summed E-state index contributed by atoms with van der Waals surface area (Å²) in [7, 11) is 1.69. The molecule has 0 bridgehead atoms. The van der Waals surface area contributed by atoms with Crippen molar-refractivity contribution in [2.45, 2.75) is 26.3 Å². The van der Waals surface area contributed by atoms with E-state index in [1.165, 1.54) is 0 Å². The number of halogens is 1. The van der Waals surface area contributed by atoms with Crippen LogP contribution in [0.1, 0.15) is 48.0 Å². The van der Waals surface area contributed by atoms with E-state index >= 15 is 0 Å². The molecule has 29 heavy (non-hydrogen) atoms. The Morgan fingerprint density at radius 3 is 2.72 bits per heavy atom. The summed E-state index contributed by atoms with van der Waals surface area (Å²) in [5.41, 5.74) is 1.42. The van der Waals surface area contributed by atoms with Crippen LogP contribution < -0.4 is 10.2 Å². The standard InChI is InChI=1S/C23H22BrNO4/c1-13(2)9-10-28-16-6-4-5-14(11-16)20-19-21(26)17-12-15(24)7-8-18(17)29-22(19)23(27)25(20)3/h4-8,11-13,20H,9-10H2,1-3H3. The maximum atomic E-state index is 13.3. The van der Waals surface area contributed by atoms with E-state index in [4.69, 9.17) is 9.15 Å². The third kappa shape index (κ3) is 3.57. The molecule has 6 heteroatoms. The highest BCUT2D eigenvalue weighted by Crippen LogP contribution is 2.38. The van der Waals surface area contributed by atoms with Gasteiger partial charge in [0.05, 0.1) is 23.6 Å². The molecule has 4 rings (SSSR count). The Labute approximate surface area is 177 Å². The summed E-state index contributed by atoms with van der Waals surface area (Å²) >= 11 is 3.40. The highest BCUT2D eigenvalue weighted by molar-refractivity contribution is 9.10. The van der Waals surface area contributed by atoms with Gasteiger partial charge in [-0.2, -0.15) is 0 Å². The van der Waals surface area contributed by atoms with E-state index in [0.29, 0.717) is 29.1 Å². The molecule has 1 atom stereocenters. The Kier molecular flexibility index (Phi) is 5.21. The van der Waals surface area contributed by atoms with Crippen molar-refractivity contribution in [2.24, 2.45) is 5.92 Å². The second-order valence-corrected chi connectivity index (χ2v) is 8.65. The van der Waals surface area contributed by atoms with Crippen LogP contribution in [-0.4, -0.2) is 24.5 Å². The molecule has 1 unspecified atom stereocenters. The number of fused-ring (bicyclic) bond motifs is 2. The third-order valence-corrected chi connectivity index (χ3v) is 5.69. The van der Waals surface area contributed by atoms with Crippen molar-refractivity contribution < 1.29 is 13.9 Å². The number of hydrogen-bond acceptors (Lipinski definition) is 4. The van der Waals surface area contributed by atoms with E-state index in [1.807, 2.05) is 24.3 Å². The Morgan fingerprint density at radius 1 is 1.17 bits per heavy atom. The van der Waals surface area contributed by atoms with E-state index < -0.39 is 6.04 Å². The number of hydrogen-bond donors (Lipinski definition) is 0. The number of nitrogens with zero attached hydrogens (tertiary/aromatic N) is 1. The predicted molar refractivity (Wildman–Crippen MR) is 116 cm³/mol. The topological polar surface area (TPSA) is 59.8 Å². The summed E-state index contributed by atoms with van der Waals surface area (Å²) in [6, 6.07) is 12.3. The number of amides is 1. The molecule has 1 aliphatic heterocycles. The van der Waals surface area contributed by atoms with Crippen LogP contribution in [0.15, 0.2) is 56.1 Å². The summed E-state index contributed by atoms with van der Waals surface area (Å²) in [4.78, 5) is 27.7. The smallest absolute Gasteiger partial charge is 0.290 e. The van der Waals surface area contributed by atoms with Crippen molar-refractivity contribution in [3.63, 3.8) is 0 Å². The van der Waals surface area contributed by atoms with E-state index in [9.17, 15) is 9.59 Å². The van der Waals surface area contributed by atoms with Gasteiger partial charge in [-0.15, -0.1) is 0 Å². The van der Waals surface area contributed by atoms with E-state index in [1.54, 1.807) is 30.1 Å². The lowest BCUT2D eigenvalue weighted by Gasteiger charge is -2.21. The molecule has 1 aliphatic rings. The van der Waals surface area contributed by atoms with Crippen LogP contribution in [0, 0.1) is 5.92 Å². The summed E-state index contributed by atoms with van der Waals surface area (Å²) in [6.45, 7) is 4.92. The fraction of sp³-hybridized carbons (Fsp3) is 0.304. The molecule has 0 saturated heterocycles. The van der Waals surface area contributed by atoms with Crippen molar-refractivity contribution in [2.75, 3.05) is 13.7 Å². The molecule has 2 heterocycles. The number of rotatable bonds is 5. The summed E-state index contributed by atoms with van der Waals surface area (Å²) in [6.07, 6.45) is 0.958. The van der Waals surface area contributed by atoms with Crippen molar-refractivity contribution in [1.82, 2.24) is 4.90 Å². The van der Waals surface area contributed by atoms with Gasteiger partial charge in [0.15, 0.2) is 5.43 Å². The molecule has 0 aliphatic carbocycles. The number of carbonyl (C=O) groups is 1. The molecule has 0 spiro atoms. The van der Waals surface area contributed by atoms with Crippen molar-refractivity contribution in [3.8, 4) is 5.75 Å². The van der Waals surface area contributed by atoms with Gasteiger partial charge >= 0.3 is 0 Å². The normalized spacial score (nSPS) is 16.0. The Hall–Kier alpha value is -2.60. The average Bonchev–Trinajstić information content (AvgIpc) is 2.94. The van der Waals surface area contributed by atoms with Gasteiger partial charge in [-0.1, -0.05) is 41.9 Å². The summed E-state index contributed by atoms with van der Waals surface area (Å²) < 4.78 is 12.5. The minimum atomic E-state index is -0.509. The van der Waals surface area contributed by atoms with Crippen molar-refractivity contribution in [3.05, 3.63) is 74.0 Å². The largest absolute Gasteiger partial charge is 0.494 e. The molecule has 2 aromatic carbocycles. The maximum absolute atomic E-state index is 13.3. The van der Waals surface area contributed by atoms with Crippen LogP contribution in [0.2, 0.25) is 0 Å². The predicted octanol–water partition coefficient (Wildman–Crippen LogP) is 5.16. The van der Waals surface area contributed by atoms with Gasteiger partial charge in [0, 0.05) is 11.5 Å². The zero-order chi connectivity index (χ0) is 20.7. The number of benzene rings is 2. The fourth-order valence-electron chi connectivity index (χ4n) is 3.64. The summed E-state index contributed by atoms with van der Waals surface area (Å²) in [5, 5.41) is 0.454. The Bertz CT molecular complexity index is 1150. The van der Waals surface area contributed by atoms with Gasteiger partial charge < -0.3 is 14.1 Å². The van der Waals surface area contributed by atoms with Gasteiger partial charge in [-0.25, -0.2) is 0 Å². The van der Waals surface area contributed by atoms with Crippen molar-refractivity contribution in [1.29, 1.82) is 0 Å². The van der Waals surface area contributed by atoms with Gasteiger partial charge in [0.2, 0.25) is 5.76 Å².